The fourth-order valence-electron chi connectivity index (χ4n) is 2.43. The van der Waals surface area contributed by atoms with Crippen LogP contribution in [0.2, 0.25) is 0 Å². The molecule has 2 aliphatic carbocycles. The summed E-state index contributed by atoms with van der Waals surface area (Å²) in [7, 11) is 1.72. The van der Waals surface area contributed by atoms with Crippen LogP contribution in [0.4, 0.5) is 0 Å². The number of nitrogens with one attached hydrogen (secondary N) is 1. The van der Waals surface area contributed by atoms with E-state index in [9.17, 15) is 0 Å². The average Bonchev–Trinajstić information content (AvgIpc) is 3.19. The summed E-state index contributed by atoms with van der Waals surface area (Å²) in [5, 5.41) is 3.69. The lowest BCUT2D eigenvalue weighted by Crippen LogP contribution is -2.36. The van der Waals surface area contributed by atoms with Gasteiger partial charge in [0.05, 0.1) is 13.2 Å². The van der Waals surface area contributed by atoms with Crippen LogP contribution in [0.1, 0.15) is 39.0 Å². The summed E-state index contributed by atoms with van der Waals surface area (Å²) in [6.07, 6.45) is 6.78. The fraction of sp³-hybridized carbons (Fsp3) is 1.00. The summed E-state index contributed by atoms with van der Waals surface area (Å²) < 4.78 is 10.6. The van der Waals surface area contributed by atoms with E-state index < -0.39 is 0 Å². The molecular weight excluding hydrogens is 214 g/mol. The van der Waals surface area contributed by atoms with Gasteiger partial charge in [-0.3, -0.25) is 0 Å². The van der Waals surface area contributed by atoms with Crippen molar-refractivity contribution in [1.29, 1.82) is 0 Å². The maximum Gasteiger partial charge on any atom is 0.0700 e. The number of ether oxygens (including phenoxy) is 2. The Labute approximate surface area is 105 Å². The third kappa shape index (κ3) is 4.57. The maximum absolute atomic E-state index is 5.62. The zero-order valence-electron chi connectivity index (χ0n) is 11.3. The van der Waals surface area contributed by atoms with Gasteiger partial charge in [0.2, 0.25) is 0 Å². The van der Waals surface area contributed by atoms with Crippen LogP contribution in [0.5, 0.6) is 0 Å². The Morgan fingerprint density at radius 2 is 1.88 bits per heavy atom. The first-order valence-corrected chi connectivity index (χ1v) is 7.05. The standard InChI is InChI=1S/C14H27NO2/c1-14(12-3-4-12,11-15-13-5-6-13)7-8-17-10-9-16-2/h12-13,15H,3-11H2,1-2H3. The molecule has 0 aromatic rings. The Hall–Kier alpha value is -0.120. The number of methoxy groups -OCH3 is 1. The average molecular weight is 241 g/mol. The molecule has 0 heterocycles. The second-order valence-electron chi connectivity index (χ2n) is 5.94. The van der Waals surface area contributed by atoms with Crippen LogP contribution in [-0.2, 0) is 9.47 Å². The number of hydrogen-bond donors (Lipinski definition) is 1. The molecule has 0 bridgehead atoms. The normalized spacial score (nSPS) is 23.6. The van der Waals surface area contributed by atoms with E-state index >= 15 is 0 Å². The van der Waals surface area contributed by atoms with E-state index in [2.05, 4.69) is 12.2 Å². The molecule has 0 amide bonds. The van der Waals surface area contributed by atoms with Gasteiger partial charge in [0.25, 0.3) is 0 Å². The minimum atomic E-state index is 0.454. The van der Waals surface area contributed by atoms with Crippen molar-refractivity contribution in [2.75, 3.05) is 33.5 Å². The molecule has 0 aliphatic heterocycles. The Morgan fingerprint density at radius 3 is 2.47 bits per heavy atom. The van der Waals surface area contributed by atoms with Crippen LogP contribution >= 0.6 is 0 Å². The van der Waals surface area contributed by atoms with E-state index in [1.807, 2.05) is 0 Å². The second kappa shape index (κ2) is 6.17. The molecule has 0 aromatic heterocycles. The molecule has 2 aliphatic rings. The van der Waals surface area contributed by atoms with Gasteiger partial charge in [-0.2, -0.15) is 0 Å². The minimum absolute atomic E-state index is 0.454. The molecule has 2 fully saturated rings. The van der Waals surface area contributed by atoms with Crippen molar-refractivity contribution in [1.82, 2.24) is 5.32 Å². The summed E-state index contributed by atoms with van der Waals surface area (Å²) in [6, 6.07) is 0.822. The highest BCUT2D eigenvalue weighted by atomic mass is 16.5. The largest absolute Gasteiger partial charge is 0.382 e. The predicted octanol–water partition coefficient (Wildman–Crippen LogP) is 2.21. The molecule has 1 N–H and O–H groups in total. The van der Waals surface area contributed by atoms with Crippen LogP contribution in [0.25, 0.3) is 0 Å². The van der Waals surface area contributed by atoms with Gasteiger partial charge >= 0.3 is 0 Å². The molecule has 1 atom stereocenters. The van der Waals surface area contributed by atoms with Crippen molar-refractivity contribution < 1.29 is 9.47 Å². The minimum Gasteiger partial charge on any atom is -0.382 e. The smallest absolute Gasteiger partial charge is 0.0700 e. The number of hydrogen-bond acceptors (Lipinski definition) is 3. The van der Waals surface area contributed by atoms with Gasteiger partial charge in [-0.25, -0.2) is 0 Å². The Morgan fingerprint density at radius 1 is 1.12 bits per heavy atom. The lowest BCUT2D eigenvalue weighted by atomic mass is 9.81. The second-order valence-corrected chi connectivity index (χ2v) is 5.94. The third-order valence-corrected chi connectivity index (χ3v) is 4.18. The first-order valence-electron chi connectivity index (χ1n) is 7.05. The highest BCUT2D eigenvalue weighted by molar-refractivity contribution is 4.94. The summed E-state index contributed by atoms with van der Waals surface area (Å²) in [6.45, 7) is 5.92. The zero-order chi connectivity index (χ0) is 12.1. The van der Waals surface area contributed by atoms with Crippen LogP contribution in [0.3, 0.4) is 0 Å². The van der Waals surface area contributed by atoms with E-state index in [-0.39, 0.29) is 0 Å². The molecule has 0 saturated heterocycles. The van der Waals surface area contributed by atoms with E-state index in [4.69, 9.17) is 9.47 Å². The highest BCUT2D eigenvalue weighted by Gasteiger charge is 2.41. The van der Waals surface area contributed by atoms with Crippen LogP contribution in [0, 0.1) is 11.3 Å². The van der Waals surface area contributed by atoms with Gasteiger partial charge in [-0.05, 0) is 43.4 Å². The Bertz CT molecular complexity index is 226. The summed E-state index contributed by atoms with van der Waals surface area (Å²) >= 11 is 0. The van der Waals surface area contributed by atoms with Crippen molar-refractivity contribution in [2.45, 2.75) is 45.1 Å². The highest BCUT2D eigenvalue weighted by Crippen LogP contribution is 2.47. The SMILES string of the molecule is COCCOCCC(C)(CNC1CC1)C1CC1. The van der Waals surface area contributed by atoms with E-state index in [0.717, 1.165) is 25.2 Å². The van der Waals surface area contributed by atoms with Crippen molar-refractivity contribution in [3.05, 3.63) is 0 Å². The van der Waals surface area contributed by atoms with Gasteiger partial charge in [0, 0.05) is 26.3 Å². The topological polar surface area (TPSA) is 30.5 Å². The molecule has 0 spiro atoms. The van der Waals surface area contributed by atoms with E-state index in [0.29, 0.717) is 12.0 Å². The Balaban J connectivity index is 1.63. The zero-order valence-corrected chi connectivity index (χ0v) is 11.3. The molecule has 17 heavy (non-hydrogen) atoms. The van der Waals surface area contributed by atoms with Gasteiger partial charge in [0.15, 0.2) is 0 Å². The number of rotatable bonds is 10. The molecule has 100 valence electrons. The quantitative estimate of drug-likeness (QED) is 0.595. The fourth-order valence-corrected chi connectivity index (χ4v) is 2.43. The third-order valence-electron chi connectivity index (χ3n) is 4.18. The van der Waals surface area contributed by atoms with E-state index in [1.54, 1.807) is 7.11 Å². The summed E-state index contributed by atoms with van der Waals surface area (Å²) in [5.74, 6) is 0.930. The van der Waals surface area contributed by atoms with Crippen LogP contribution in [0.15, 0.2) is 0 Å². The van der Waals surface area contributed by atoms with Gasteiger partial charge < -0.3 is 14.8 Å². The van der Waals surface area contributed by atoms with Crippen molar-refractivity contribution in [3.8, 4) is 0 Å². The predicted molar refractivity (Wildman–Crippen MR) is 69.2 cm³/mol. The molecule has 3 heteroatoms. The lowest BCUT2D eigenvalue weighted by molar-refractivity contribution is 0.0494. The maximum atomic E-state index is 5.62. The van der Waals surface area contributed by atoms with Gasteiger partial charge in [-0.1, -0.05) is 6.92 Å². The molecule has 0 aromatic carbocycles. The Kier molecular flexibility index (Phi) is 4.83. The van der Waals surface area contributed by atoms with Crippen molar-refractivity contribution >= 4 is 0 Å². The van der Waals surface area contributed by atoms with Gasteiger partial charge in [-0.15, -0.1) is 0 Å². The molecule has 3 nitrogen and oxygen atoms in total. The lowest BCUT2D eigenvalue weighted by Gasteiger charge is -2.30. The van der Waals surface area contributed by atoms with Crippen molar-refractivity contribution in [2.24, 2.45) is 11.3 Å². The van der Waals surface area contributed by atoms with E-state index in [1.165, 1.54) is 38.6 Å². The summed E-state index contributed by atoms with van der Waals surface area (Å²) in [4.78, 5) is 0. The first kappa shape index (κ1) is 13.3. The molecule has 2 saturated carbocycles. The monoisotopic (exact) mass is 241 g/mol. The van der Waals surface area contributed by atoms with Crippen LogP contribution < -0.4 is 5.32 Å². The van der Waals surface area contributed by atoms with Gasteiger partial charge in [0.1, 0.15) is 0 Å². The first-order chi connectivity index (χ1) is 8.24. The molecule has 2 rings (SSSR count). The molecule has 0 radical (unpaired) electrons. The summed E-state index contributed by atoms with van der Waals surface area (Å²) in [5.41, 5.74) is 0.454. The molecule has 1 unspecified atom stereocenters. The van der Waals surface area contributed by atoms with Crippen molar-refractivity contribution in [3.63, 3.8) is 0 Å². The molecular formula is C14H27NO2. The van der Waals surface area contributed by atoms with Crippen LogP contribution in [-0.4, -0.2) is 39.5 Å².